The van der Waals surface area contributed by atoms with Crippen molar-refractivity contribution in [1.29, 1.82) is 0 Å². The van der Waals surface area contributed by atoms with E-state index >= 15 is 0 Å². The minimum Gasteiger partial charge on any atom is -0.330 e. The molecule has 0 fully saturated rings. The van der Waals surface area contributed by atoms with E-state index in [-0.39, 0.29) is 57.1 Å². The Balaban J connectivity index is 1.96. The fraction of sp³-hybridized carbons (Fsp3) is 0.438. The Labute approximate surface area is 303 Å². The number of halogens is 6. The summed E-state index contributed by atoms with van der Waals surface area (Å²) in [5.74, 6) is -0.131. The van der Waals surface area contributed by atoms with Crippen molar-refractivity contribution >= 4 is 70.2 Å². The van der Waals surface area contributed by atoms with E-state index in [4.69, 9.17) is 11.5 Å². The minimum absolute atomic E-state index is 0.0205. The topological polar surface area (TPSA) is 136 Å². The van der Waals surface area contributed by atoms with Crippen molar-refractivity contribution in [3.63, 3.8) is 0 Å². The number of thioether (sulfide) groups is 4. The van der Waals surface area contributed by atoms with E-state index in [0.717, 1.165) is 73.7 Å². The zero-order valence-corrected chi connectivity index (χ0v) is 30.6. The Kier molecular flexibility index (Phi) is 16.6. The van der Waals surface area contributed by atoms with Crippen LogP contribution in [0.1, 0.15) is 71.6 Å². The van der Waals surface area contributed by atoms with Crippen molar-refractivity contribution in [2.75, 3.05) is 46.7 Å². The maximum absolute atomic E-state index is 14.1. The number of amides is 2. The minimum atomic E-state index is -4.72. The van der Waals surface area contributed by atoms with Gasteiger partial charge in [-0.15, -0.1) is 47.0 Å². The van der Waals surface area contributed by atoms with E-state index in [2.05, 4.69) is 20.6 Å². The second kappa shape index (κ2) is 19.8. The number of aromatic nitrogens is 2. The second-order valence-corrected chi connectivity index (χ2v) is 15.1. The van der Waals surface area contributed by atoms with Crippen LogP contribution in [-0.2, 0) is 12.4 Å². The van der Waals surface area contributed by atoms with Gasteiger partial charge in [-0.1, -0.05) is 26.7 Å². The number of carbonyl (C=O) groups excluding carboxylic acids is 2. The number of unbranched alkanes of at least 4 members (excludes halogenated alkanes) is 2. The molecule has 6 N–H and O–H groups in total. The normalized spacial score (nSPS) is 11.9. The summed E-state index contributed by atoms with van der Waals surface area (Å²) in [6.45, 7) is 4.29. The molecule has 50 heavy (non-hydrogen) atoms. The Morgan fingerprint density at radius 2 is 1.00 bits per heavy atom. The van der Waals surface area contributed by atoms with E-state index in [1.54, 1.807) is 0 Å². The number of nitrogens with two attached hydrogens (primary N) is 2. The molecule has 18 heteroatoms. The van der Waals surface area contributed by atoms with Gasteiger partial charge in [0.15, 0.2) is 0 Å². The molecule has 2 aromatic carbocycles. The first-order chi connectivity index (χ1) is 23.7. The smallest absolute Gasteiger partial charge is 0.330 e. The van der Waals surface area contributed by atoms with E-state index in [9.17, 15) is 35.9 Å². The third kappa shape index (κ3) is 12.3. The number of hydrogen-bond donors (Lipinski definition) is 4. The summed E-state index contributed by atoms with van der Waals surface area (Å²) in [6.07, 6.45) is -5.25. The summed E-state index contributed by atoms with van der Waals surface area (Å²) in [4.78, 5) is 35.3. The largest absolute Gasteiger partial charge is 0.417 e. The first-order valence-electron chi connectivity index (χ1n) is 15.6. The quantitative estimate of drug-likeness (QED) is 0.0563. The molecular weight excluding hydrogens is 743 g/mol. The molecule has 0 saturated carbocycles. The highest BCUT2D eigenvalue weighted by atomic mass is 32.2. The van der Waals surface area contributed by atoms with Crippen LogP contribution in [0.5, 0.6) is 0 Å². The lowest BCUT2D eigenvalue weighted by Gasteiger charge is -2.18. The molecule has 0 aliphatic rings. The maximum Gasteiger partial charge on any atom is 0.417 e. The summed E-state index contributed by atoms with van der Waals surface area (Å²) in [5.41, 5.74) is 8.32. The van der Waals surface area contributed by atoms with Crippen molar-refractivity contribution < 1.29 is 35.9 Å². The van der Waals surface area contributed by atoms with Crippen LogP contribution in [0.25, 0.3) is 0 Å². The third-order valence-corrected chi connectivity index (χ3v) is 11.1. The zero-order valence-electron chi connectivity index (χ0n) is 27.3. The number of nitrogens with one attached hydrogen (secondary N) is 2. The second-order valence-electron chi connectivity index (χ2n) is 10.6. The molecule has 0 radical (unpaired) electrons. The van der Waals surface area contributed by atoms with Gasteiger partial charge in [0.25, 0.3) is 11.8 Å². The van der Waals surface area contributed by atoms with E-state index < -0.39 is 35.3 Å². The third-order valence-electron chi connectivity index (χ3n) is 6.66. The standard InChI is InChI=1S/C32H38F6N6O2S4/c1-3-5-9-47-27-16-25(49-11-7-39)19(31(33,34)35)13-21(27)43-29(45)23-15-24(42-18-41-23)30(46)44-22-14-20(32(36,37)38)26(50-12-8-40)17-28(22)48-10-6-4-2/h13-18H,3-12,39-40H2,1-2H3,(H,43,45)(H,44,46). The van der Waals surface area contributed by atoms with Crippen LogP contribution in [0.15, 0.2) is 56.2 Å². The molecule has 2 amide bonds. The summed E-state index contributed by atoms with van der Waals surface area (Å²) < 4.78 is 84.3. The van der Waals surface area contributed by atoms with Crippen molar-refractivity contribution in [3.05, 3.63) is 59.2 Å². The molecule has 0 unspecified atom stereocenters. The predicted molar refractivity (Wildman–Crippen MR) is 192 cm³/mol. The van der Waals surface area contributed by atoms with Crippen LogP contribution in [0.4, 0.5) is 37.7 Å². The van der Waals surface area contributed by atoms with Gasteiger partial charge >= 0.3 is 12.4 Å². The SMILES string of the molecule is CCCCSc1cc(SCCN)c(C(F)(F)F)cc1NC(=O)c1cc(C(=O)Nc2cc(C(F)(F)F)c(SCCN)cc2SCCCC)ncn1. The molecule has 3 rings (SSSR count). The predicted octanol–water partition coefficient (Wildman–Crippen LogP) is 8.90. The van der Waals surface area contributed by atoms with Gasteiger partial charge in [0.2, 0.25) is 0 Å². The van der Waals surface area contributed by atoms with Gasteiger partial charge in [-0.25, -0.2) is 9.97 Å². The first kappa shape index (κ1) is 41.8. The lowest BCUT2D eigenvalue weighted by Crippen LogP contribution is -2.20. The Morgan fingerprint density at radius 1 is 0.620 bits per heavy atom. The Hall–Kier alpha value is -2.64. The number of rotatable bonds is 18. The van der Waals surface area contributed by atoms with Gasteiger partial charge in [0.05, 0.1) is 22.5 Å². The molecule has 0 saturated heterocycles. The molecule has 0 atom stereocenters. The van der Waals surface area contributed by atoms with Crippen LogP contribution < -0.4 is 22.1 Å². The molecule has 1 aromatic heterocycles. The van der Waals surface area contributed by atoms with Crippen LogP contribution >= 0.6 is 47.0 Å². The van der Waals surface area contributed by atoms with Crippen LogP contribution in [0.2, 0.25) is 0 Å². The van der Waals surface area contributed by atoms with E-state index in [0.29, 0.717) is 21.3 Å². The summed E-state index contributed by atoms with van der Waals surface area (Å²) in [7, 11) is 0. The lowest BCUT2D eigenvalue weighted by atomic mass is 10.1. The van der Waals surface area contributed by atoms with Gasteiger partial charge in [0.1, 0.15) is 17.7 Å². The van der Waals surface area contributed by atoms with Gasteiger partial charge in [0, 0.05) is 50.2 Å². The Bertz CT molecular complexity index is 1500. The number of hydrogen-bond acceptors (Lipinski definition) is 10. The van der Waals surface area contributed by atoms with E-state index in [1.807, 2.05) is 13.8 Å². The number of nitrogens with zero attached hydrogens (tertiary/aromatic N) is 2. The van der Waals surface area contributed by atoms with Crippen molar-refractivity contribution in [3.8, 4) is 0 Å². The average molecular weight is 781 g/mol. The number of alkyl halides is 6. The molecule has 274 valence electrons. The molecule has 0 bridgehead atoms. The van der Waals surface area contributed by atoms with Gasteiger partial charge in [-0.05, 0) is 48.6 Å². The van der Waals surface area contributed by atoms with Crippen LogP contribution in [0.3, 0.4) is 0 Å². The zero-order chi connectivity index (χ0) is 36.9. The number of anilines is 2. The van der Waals surface area contributed by atoms with Gasteiger partial charge in [-0.2, -0.15) is 26.3 Å². The molecular formula is C32H38F6N6O2S4. The summed E-state index contributed by atoms with van der Waals surface area (Å²) in [5, 5.41) is 4.99. The molecule has 8 nitrogen and oxygen atoms in total. The first-order valence-corrected chi connectivity index (χ1v) is 19.5. The number of carbonyl (C=O) groups is 2. The van der Waals surface area contributed by atoms with Gasteiger partial charge in [-0.3, -0.25) is 9.59 Å². The molecule has 0 spiro atoms. The van der Waals surface area contributed by atoms with Crippen molar-refractivity contribution in [2.24, 2.45) is 11.5 Å². The fourth-order valence-corrected chi connectivity index (χ4v) is 8.33. The lowest BCUT2D eigenvalue weighted by molar-refractivity contribution is -0.140. The summed E-state index contributed by atoms with van der Waals surface area (Å²) in [6, 6.07) is 5.51. The van der Waals surface area contributed by atoms with Crippen molar-refractivity contribution in [2.45, 2.75) is 71.5 Å². The molecule has 1 heterocycles. The molecule has 0 aliphatic carbocycles. The highest BCUT2D eigenvalue weighted by molar-refractivity contribution is 8.00. The highest BCUT2D eigenvalue weighted by Crippen LogP contribution is 2.44. The molecule has 3 aromatic rings. The summed E-state index contributed by atoms with van der Waals surface area (Å²) >= 11 is 4.50. The maximum atomic E-state index is 14.1. The Morgan fingerprint density at radius 3 is 1.34 bits per heavy atom. The van der Waals surface area contributed by atoms with Crippen molar-refractivity contribution in [1.82, 2.24) is 9.97 Å². The fourth-order valence-electron chi connectivity index (χ4n) is 4.21. The average Bonchev–Trinajstić information content (AvgIpc) is 3.07. The van der Waals surface area contributed by atoms with Gasteiger partial charge < -0.3 is 22.1 Å². The highest BCUT2D eigenvalue weighted by Gasteiger charge is 2.36. The van der Waals surface area contributed by atoms with Crippen LogP contribution in [-0.4, -0.2) is 57.9 Å². The van der Waals surface area contributed by atoms with E-state index in [1.165, 1.54) is 35.7 Å². The number of benzene rings is 2. The van der Waals surface area contributed by atoms with Crippen LogP contribution in [0, 0.1) is 0 Å². The molecule has 0 aliphatic heterocycles. The monoisotopic (exact) mass is 780 g/mol.